The highest BCUT2D eigenvalue weighted by Gasteiger charge is 2.17. The molecule has 1 amide bonds. The monoisotopic (exact) mass is 398 g/mol. The standard InChI is InChI=1S/C20H18N2O7/c1-13(20(24)21-11-15-4-8-17-18(10-15)28-12-27-17)29-19(23)9-5-14-2-6-16(7-3-14)22(25)26/h2-10,13H,11-12H2,1H3,(H,21,24)/b9-5+/t13-/m1/s1. The smallest absolute Gasteiger partial charge is 0.331 e. The third kappa shape index (κ3) is 5.32. The predicted molar refractivity (Wildman–Crippen MR) is 102 cm³/mol. The first kappa shape index (κ1) is 19.9. The highest BCUT2D eigenvalue weighted by Crippen LogP contribution is 2.32. The van der Waals surface area contributed by atoms with Crippen molar-refractivity contribution in [3.05, 3.63) is 69.8 Å². The first-order chi connectivity index (χ1) is 13.9. The van der Waals surface area contributed by atoms with Gasteiger partial charge in [0.1, 0.15) is 0 Å². The van der Waals surface area contributed by atoms with E-state index in [1.165, 1.54) is 37.3 Å². The zero-order valence-corrected chi connectivity index (χ0v) is 15.5. The molecule has 0 saturated carbocycles. The summed E-state index contributed by atoms with van der Waals surface area (Å²) in [5.41, 5.74) is 1.36. The number of carbonyl (C=O) groups excluding carboxylic acids is 2. The van der Waals surface area contributed by atoms with E-state index in [9.17, 15) is 19.7 Å². The van der Waals surface area contributed by atoms with E-state index in [0.29, 0.717) is 17.1 Å². The van der Waals surface area contributed by atoms with Crippen molar-refractivity contribution in [1.82, 2.24) is 5.32 Å². The molecule has 150 valence electrons. The molecule has 2 aromatic rings. The number of non-ortho nitro benzene ring substituents is 1. The van der Waals surface area contributed by atoms with Crippen LogP contribution < -0.4 is 14.8 Å². The molecule has 1 aliphatic heterocycles. The number of fused-ring (bicyclic) bond motifs is 1. The van der Waals surface area contributed by atoms with Gasteiger partial charge in [-0.15, -0.1) is 0 Å². The average Bonchev–Trinajstić information content (AvgIpc) is 3.18. The topological polar surface area (TPSA) is 117 Å². The van der Waals surface area contributed by atoms with Gasteiger partial charge in [-0.1, -0.05) is 6.07 Å². The Morgan fingerprint density at radius 3 is 2.66 bits per heavy atom. The molecule has 1 N–H and O–H groups in total. The lowest BCUT2D eigenvalue weighted by Crippen LogP contribution is -2.35. The van der Waals surface area contributed by atoms with Gasteiger partial charge in [0.05, 0.1) is 4.92 Å². The van der Waals surface area contributed by atoms with Gasteiger partial charge in [0.15, 0.2) is 17.6 Å². The number of rotatable bonds is 7. The van der Waals surface area contributed by atoms with Crippen molar-refractivity contribution < 1.29 is 28.7 Å². The van der Waals surface area contributed by atoms with Crippen molar-refractivity contribution in [3.63, 3.8) is 0 Å². The normalized spacial score (nSPS) is 13.1. The first-order valence-corrected chi connectivity index (χ1v) is 8.72. The van der Waals surface area contributed by atoms with Crippen molar-refractivity contribution in [2.45, 2.75) is 19.6 Å². The first-order valence-electron chi connectivity index (χ1n) is 8.72. The van der Waals surface area contributed by atoms with Crippen molar-refractivity contribution in [2.75, 3.05) is 6.79 Å². The molecule has 9 heteroatoms. The minimum atomic E-state index is -0.988. The molecule has 0 bridgehead atoms. The maximum absolute atomic E-state index is 12.1. The Labute approximate surface area is 166 Å². The second kappa shape index (κ2) is 8.87. The molecule has 1 heterocycles. The Kier molecular flexibility index (Phi) is 6.08. The molecule has 0 saturated heterocycles. The maximum Gasteiger partial charge on any atom is 0.331 e. The second-order valence-corrected chi connectivity index (χ2v) is 6.17. The predicted octanol–water partition coefficient (Wildman–Crippen LogP) is 2.58. The van der Waals surface area contributed by atoms with Crippen LogP contribution in [-0.4, -0.2) is 29.7 Å². The summed E-state index contributed by atoms with van der Waals surface area (Å²) in [5.74, 6) is 0.128. The lowest BCUT2D eigenvalue weighted by molar-refractivity contribution is -0.384. The number of esters is 1. The van der Waals surface area contributed by atoms with Gasteiger partial charge in [0.2, 0.25) is 6.79 Å². The van der Waals surface area contributed by atoms with E-state index in [1.807, 2.05) is 0 Å². The second-order valence-electron chi connectivity index (χ2n) is 6.17. The molecule has 0 aromatic heterocycles. The van der Waals surface area contributed by atoms with E-state index in [4.69, 9.17) is 14.2 Å². The van der Waals surface area contributed by atoms with Crippen LogP contribution in [-0.2, 0) is 20.9 Å². The van der Waals surface area contributed by atoms with Crippen molar-refractivity contribution >= 4 is 23.6 Å². The van der Waals surface area contributed by atoms with Crippen LogP contribution in [0.2, 0.25) is 0 Å². The van der Waals surface area contributed by atoms with Crippen LogP contribution in [0.3, 0.4) is 0 Å². The molecule has 0 fully saturated rings. The summed E-state index contributed by atoms with van der Waals surface area (Å²) in [7, 11) is 0. The number of carbonyl (C=O) groups is 2. The number of nitrogens with one attached hydrogen (secondary N) is 1. The quantitative estimate of drug-likeness (QED) is 0.330. The fourth-order valence-electron chi connectivity index (χ4n) is 2.52. The molecule has 2 aromatic carbocycles. The van der Waals surface area contributed by atoms with E-state index < -0.39 is 22.9 Å². The Bertz CT molecular complexity index is 954. The van der Waals surface area contributed by atoms with Crippen molar-refractivity contribution in [3.8, 4) is 11.5 Å². The molecule has 0 spiro atoms. The number of amides is 1. The fraction of sp³-hybridized carbons (Fsp3) is 0.200. The molecule has 9 nitrogen and oxygen atoms in total. The van der Waals surface area contributed by atoms with Crippen molar-refractivity contribution in [1.29, 1.82) is 0 Å². The number of hydrogen-bond acceptors (Lipinski definition) is 7. The summed E-state index contributed by atoms with van der Waals surface area (Å²) in [6.45, 7) is 1.88. The molecular weight excluding hydrogens is 380 g/mol. The molecular formula is C20H18N2O7. The molecule has 0 unspecified atom stereocenters. The van der Waals surface area contributed by atoms with Crippen LogP contribution in [0.4, 0.5) is 5.69 Å². The molecule has 0 radical (unpaired) electrons. The number of benzene rings is 2. The summed E-state index contributed by atoms with van der Waals surface area (Å²) in [6, 6.07) is 11.0. The summed E-state index contributed by atoms with van der Waals surface area (Å²) < 4.78 is 15.6. The van der Waals surface area contributed by atoms with Crippen LogP contribution in [0.15, 0.2) is 48.5 Å². The Morgan fingerprint density at radius 1 is 1.21 bits per heavy atom. The number of nitrogens with zero attached hydrogens (tertiary/aromatic N) is 1. The van der Waals surface area contributed by atoms with Gasteiger partial charge < -0.3 is 19.5 Å². The fourth-order valence-corrected chi connectivity index (χ4v) is 2.52. The number of nitro groups is 1. The summed E-state index contributed by atoms with van der Waals surface area (Å²) in [6.07, 6.45) is 1.62. The molecule has 1 aliphatic rings. The SMILES string of the molecule is C[C@@H](OC(=O)/C=C/c1ccc([N+](=O)[O-])cc1)C(=O)NCc1ccc2c(c1)OCO2. The van der Waals surface area contributed by atoms with Gasteiger partial charge in [-0.25, -0.2) is 4.79 Å². The molecule has 1 atom stereocenters. The van der Waals surface area contributed by atoms with Crippen LogP contribution in [0.1, 0.15) is 18.1 Å². The van der Waals surface area contributed by atoms with E-state index >= 15 is 0 Å². The maximum atomic E-state index is 12.1. The van der Waals surface area contributed by atoms with Crippen LogP contribution in [0.25, 0.3) is 6.08 Å². The van der Waals surface area contributed by atoms with E-state index in [-0.39, 0.29) is 19.0 Å². The minimum absolute atomic E-state index is 0.0440. The highest BCUT2D eigenvalue weighted by atomic mass is 16.7. The van der Waals surface area contributed by atoms with E-state index in [2.05, 4.69) is 5.32 Å². The van der Waals surface area contributed by atoms with Gasteiger partial charge in [-0.2, -0.15) is 0 Å². The van der Waals surface area contributed by atoms with Gasteiger partial charge in [0, 0.05) is 24.8 Å². The zero-order chi connectivity index (χ0) is 20.8. The lowest BCUT2D eigenvalue weighted by atomic mass is 10.2. The van der Waals surface area contributed by atoms with Crippen LogP contribution in [0.5, 0.6) is 11.5 Å². The van der Waals surface area contributed by atoms with E-state index in [1.54, 1.807) is 18.2 Å². The largest absolute Gasteiger partial charge is 0.454 e. The van der Waals surface area contributed by atoms with Gasteiger partial charge in [-0.3, -0.25) is 14.9 Å². The Balaban J connectivity index is 1.47. The number of hydrogen-bond donors (Lipinski definition) is 1. The average molecular weight is 398 g/mol. The number of nitro benzene ring substituents is 1. The summed E-state index contributed by atoms with van der Waals surface area (Å²) in [4.78, 5) is 34.1. The molecule has 3 rings (SSSR count). The van der Waals surface area contributed by atoms with Crippen LogP contribution in [0, 0.1) is 10.1 Å². The van der Waals surface area contributed by atoms with Gasteiger partial charge >= 0.3 is 5.97 Å². The number of ether oxygens (including phenoxy) is 3. The highest BCUT2D eigenvalue weighted by molar-refractivity contribution is 5.90. The van der Waals surface area contributed by atoms with E-state index in [0.717, 1.165) is 11.6 Å². The van der Waals surface area contributed by atoms with Gasteiger partial charge in [-0.05, 0) is 48.4 Å². The third-order valence-corrected chi connectivity index (χ3v) is 4.08. The Hall–Kier alpha value is -3.88. The molecule has 0 aliphatic carbocycles. The van der Waals surface area contributed by atoms with Crippen LogP contribution >= 0.6 is 0 Å². The summed E-state index contributed by atoms with van der Waals surface area (Å²) >= 11 is 0. The lowest BCUT2D eigenvalue weighted by Gasteiger charge is -2.12. The third-order valence-electron chi connectivity index (χ3n) is 4.08. The van der Waals surface area contributed by atoms with Crippen molar-refractivity contribution in [2.24, 2.45) is 0 Å². The minimum Gasteiger partial charge on any atom is -0.454 e. The van der Waals surface area contributed by atoms with Gasteiger partial charge in [0.25, 0.3) is 11.6 Å². The summed E-state index contributed by atoms with van der Waals surface area (Å²) in [5, 5.41) is 13.3. The zero-order valence-electron chi connectivity index (χ0n) is 15.5. The Morgan fingerprint density at radius 2 is 1.93 bits per heavy atom. The molecule has 29 heavy (non-hydrogen) atoms.